The van der Waals surface area contributed by atoms with Gasteiger partial charge in [-0.2, -0.15) is 13.2 Å². The second kappa shape index (κ2) is 8.11. The summed E-state index contributed by atoms with van der Waals surface area (Å²) in [6.45, 7) is 1.30. The number of aromatic hydroxyl groups is 1. The smallest absolute Gasteiger partial charge is 0.416 e. The van der Waals surface area contributed by atoms with Crippen molar-refractivity contribution in [3.05, 3.63) is 53.6 Å². The van der Waals surface area contributed by atoms with Crippen LogP contribution in [-0.2, 0) is 22.3 Å². The number of carbonyl (C=O) groups is 2. The van der Waals surface area contributed by atoms with Crippen LogP contribution in [0.3, 0.4) is 0 Å². The molecule has 0 saturated carbocycles. The number of hydrogen-bond acceptors (Lipinski definition) is 3. The standard InChI is InChI=1S/C19H19F3N2O3/c1-12(25)24(11-18(27)23-2)10-13-4-3-5-14(8-13)16-9-15(19(20,21)22)6-7-17(16)26/h3-9,26H,10-11H2,1-2H3,(H,23,27). The molecule has 2 N–H and O–H groups in total. The number of phenols is 1. The molecule has 0 aliphatic rings. The van der Waals surface area contributed by atoms with Crippen molar-refractivity contribution in [2.24, 2.45) is 0 Å². The molecule has 0 aromatic heterocycles. The minimum absolute atomic E-state index is 0.0346. The highest BCUT2D eigenvalue weighted by Gasteiger charge is 2.31. The van der Waals surface area contributed by atoms with Gasteiger partial charge >= 0.3 is 6.18 Å². The van der Waals surface area contributed by atoms with Crippen molar-refractivity contribution in [1.29, 1.82) is 0 Å². The molecule has 2 aromatic carbocycles. The van der Waals surface area contributed by atoms with Crippen LogP contribution in [0.4, 0.5) is 13.2 Å². The molecular weight excluding hydrogens is 361 g/mol. The zero-order valence-electron chi connectivity index (χ0n) is 14.8. The largest absolute Gasteiger partial charge is 0.507 e. The molecule has 0 unspecified atom stereocenters. The molecule has 0 aliphatic carbocycles. The van der Waals surface area contributed by atoms with E-state index in [2.05, 4.69) is 5.32 Å². The van der Waals surface area contributed by atoms with E-state index in [-0.39, 0.29) is 36.2 Å². The van der Waals surface area contributed by atoms with Crippen LogP contribution in [0, 0.1) is 0 Å². The van der Waals surface area contributed by atoms with Crippen molar-refractivity contribution >= 4 is 11.8 Å². The molecule has 144 valence electrons. The van der Waals surface area contributed by atoms with Gasteiger partial charge in [-0.3, -0.25) is 9.59 Å². The zero-order valence-corrected chi connectivity index (χ0v) is 14.8. The summed E-state index contributed by atoms with van der Waals surface area (Å²) in [6, 6.07) is 9.13. The molecule has 0 aliphatic heterocycles. The first-order chi connectivity index (χ1) is 12.6. The Balaban J connectivity index is 2.35. The maximum atomic E-state index is 12.9. The van der Waals surface area contributed by atoms with Crippen molar-refractivity contribution in [2.75, 3.05) is 13.6 Å². The highest BCUT2D eigenvalue weighted by molar-refractivity contribution is 5.83. The Kier molecular flexibility index (Phi) is 6.09. The molecule has 0 atom stereocenters. The van der Waals surface area contributed by atoms with E-state index in [1.165, 1.54) is 18.9 Å². The van der Waals surface area contributed by atoms with E-state index < -0.39 is 11.7 Å². The molecule has 0 heterocycles. The summed E-state index contributed by atoms with van der Waals surface area (Å²) in [4.78, 5) is 24.6. The van der Waals surface area contributed by atoms with E-state index in [0.29, 0.717) is 11.1 Å². The second-order valence-corrected chi connectivity index (χ2v) is 5.98. The maximum Gasteiger partial charge on any atom is 0.416 e. The molecule has 0 radical (unpaired) electrons. The van der Waals surface area contributed by atoms with Gasteiger partial charge in [-0.05, 0) is 35.4 Å². The van der Waals surface area contributed by atoms with Gasteiger partial charge in [0.2, 0.25) is 11.8 Å². The molecule has 0 bridgehead atoms. The number of nitrogens with one attached hydrogen (secondary N) is 1. The predicted octanol–water partition coefficient (Wildman–Crippen LogP) is 3.17. The first-order valence-corrected chi connectivity index (χ1v) is 8.07. The third-order valence-corrected chi connectivity index (χ3v) is 3.99. The first kappa shape index (κ1) is 20.3. The Bertz CT molecular complexity index is 850. The number of rotatable bonds is 5. The first-order valence-electron chi connectivity index (χ1n) is 8.07. The van der Waals surface area contributed by atoms with Gasteiger partial charge in [0.25, 0.3) is 0 Å². The Morgan fingerprint density at radius 3 is 2.44 bits per heavy atom. The highest BCUT2D eigenvalue weighted by Crippen LogP contribution is 2.36. The van der Waals surface area contributed by atoms with Crippen LogP contribution < -0.4 is 5.32 Å². The van der Waals surface area contributed by atoms with Gasteiger partial charge in [-0.25, -0.2) is 0 Å². The third kappa shape index (κ3) is 5.22. The molecule has 5 nitrogen and oxygen atoms in total. The maximum absolute atomic E-state index is 12.9. The SMILES string of the molecule is CNC(=O)CN(Cc1cccc(-c2cc(C(F)(F)F)ccc2O)c1)C(C)=O. The number of halogens is 3. The summed E-state index contributed by atoms with van der Waals surface area (Å²) in [5.41, 5.74) is 0.154. The normalized spacial score (nSPS) is 11.1. The van der Waals surface area contributed by atoms with Crippen LogP contribution in [0.2, 0.25) is 0 Å². The topological polar surface area (TPSA) is 69.6 Å². The number of hydrogen-bond donors (Lipinski definition) is 2. The quantitative estimate of drug-likeness (QED) is 0.837. The van der Waals surface area contributed by atoms with Gasteiger partial charge in [0.15, 0.2) is 0 Å². The molecule has 0 spiro atoms. The van der Waals surface area contributed by atoms with Crippen LogP contribution in [0.1, 0.15) is 18.1 Å². The summed E-state index contributed by atoms with van der Waals surface area (Å²) in [5, 5.41) is 12.4. The van der Waals surface area contributed by atoms with E-state index in [1.807, 2.05) is 0 Å². The molecule has 2 aromatic rings. The lowest BCUT2D eigenvalue weighted by atomic mass is 9.99. The van der Waals surface area contributed by atoms with Crippen LogP contribution in [0.25, 0.3) is 11.1 Å². The third-order valence-electron chi connectivity index (χ3n) is 3.99. The van der Waals surface area contributed by atoms with E-state index in [0.717, 1.165) is 18.2 Å². The molecular formula is C19H19F3N2O3. The summed E-state index contributed by atoms with van der Waals surface area (Å²) in [6.07, 6.45) is -4.53. The van der Waals surface area contributed by atoms with Crippen molar-refractivity contribution in [3.63, 3.8) is 0 Å². The van der Waals surface area contributed by atoms with Crippen LogP contribution in [0.15, 0.2) is 42.5 Å². The predicted molar refractivity (Wildman–Crippen MR) is 93.7 cm³/mol. The molecule has 2 rings (SSSR count). The van der Waals surface area contributed by atoms with Gasteiger partial charge < -0.3 is 15.3 Å². The Morgan fingerprint density at radius 1 is 1.15 bits per heavy atom. The number of phenolic OH excluding ortho intramolecular Hbond substituents is 1. The summed E-state index contributed by atoms with van der Waals surface area (Å²) >= 11 is 0. The van der Waals surface area contributed by atoms with Crippen molar-refractivity contribution in [2.45, 2.75) is 19.6 Å². The van der Waals surface area contributed by atoms with E-state index in [1.54, 1.807) is 24.3 Å². The Labute approximate surface area is 154 Å². The van der Waals surface area contributed by atoms with Crippen molar-refractivity contribution in [3.8, 4) is 16.9 Å². The summed E-state index contributed by atoms with van der Waals surface area (Å²) in [7, 11) is 1.46. The number of alkyl halides is 3. The van der Waals surface area contributed by atoms with E-state index in [9.17, 15) is 27.9 Å². The van der Waals surface area contributed by atoms with Gasteiger partial charge in [-0.15, -0.1) is 0 Å². The van der Waals surface area contributed by atoms with Gasteiger partial charge in [0, 0.05) is 26.1 Å². The number of likely N-dealkylation sites (N-methyl/N-ethyl adjacent to an activating group) is 1. The minimum atomic E-state index is -4.53. The minimum Gasteiger partial charge on any atom is -0.507 e. The average molecular weight is 380 g/mol. The van der Waals surface area contributed by atoms with Crippen molar-refractivity contribution < 1.29 is 27.9 Å². The Morgan fingerprint density at radius 2 is 1.85 bits per heavy atom. The number of benzene rings is 2. The number of amides is 2. The van der Waals surface area contributed by atoms with Gasteiger partial charge in [0.1, 0.15) is 5.75 Å². The van der Waals surface area contributed by atoms with Crippen LogP contribution in [-0.4, -0.2) is 35.4 Å². The molecule has 2 amide bonds. The van der Waals surface area contributed by atoms with Gasteiger partial charge in [0.05, 0.1) is 12.1 Å². The lowest BCUT2D eigenvalue weighted by Gasteiger charge is -2.20. The highest BCUT2D eigenvalue weighted by atomic mass is 19.4. The fourth-order valence-corrected chi connectivity index (χ4v) is 2.53. The molecule has 0 fully saturated rings. The van der Waals surface area contributed by atoms with Crippen LogP contribution >= 0.6 is 0 Å². The van der Waals surface area contributed by atoms with E-state index >= 15 is 0 Å². The van der Waals surface area contributed by atoms with Gasteiger partial charge in [-0.1, -0.05) is 18.2 Å². The lowest BCUT2D eigenvalue weighted by Crippen LogP contribution is -2.37. The summed E-state index contributed by atoms with van der Waals surface area (Å²) in [5.74, 6) is -0.934. The average Bonchev–Trinajstić information content (AvgIpc) is 2.60. The number of carbonyl (C=O) groups excluding carboxylic acids is 2. The fourth-order valence-electron chi connectivity index (χ4n) is 2.53. The Hall–Kier alpha value is -3.03. The van der Waals surface area contributed by atoms with Crippen LogP contribution in [0.5, 0.6) is 5.75 Å². The molecule has 0 saturated heterocycles. The second-order valence-electron chi connectivity index (χ2n) is 5.98. The summed E-state index contributed by atoms with van der Waals surface area (Å²) < 4.78 is 38.8. The monoisotopic (exact) mass is 380 g/mol. The van der Waals surface area contributed by atoms with E-state index in [4.69, 9.17) is 0 Å². The van der Waals surface area contributed by atoms with Crippen molar-refractivity contribution in [1.82, 2.24) is 10.2 Å². The molecule has 27 heavy (non-hydrogen) atoms. The number of nitrogens with zero attached hydrogens (tertiary/aromatic N) is 1. The lowest BCUT2D eigenvalue weighted by molar-refractivity contribution is -0.137. The molecule has 8 heteroatoms. The fraction of sp³-hybridized carbons (Fsp3) is 0.263. The zero-order chi connectivity index (χ0) is 20.2.